The summed E-state index contributed by atoms with van der Waals surface area (Å²) >= 11 is 6.25. The lowest BCUT2D eigenvalue weighted by atomic mass is 9.83. The third-order valence-corrected chi connectivity index (χ3v) is 3.41. The number of aromatic nitrogens is 2. The van der Waals surface area contributed by atoms with Crippen LogP contribution in [0.5, 0.6) is 0 Å². The molecule has 1 atom stereocenters. The van der Waals surface area contributed by atoms with Gasteiger partial charge < -0.3 is 5.32 Å². The van der Waals surface area contributed by atoms with Crippen LogP contribution < -0.4 is 5.32 Å². The lowest BCUT2D eigenvalue weighted by Crippen LogP contribution is -2.28. The molecule has 0 spiro atoms. The summed E-state index contributed by atoms with van der Waals surface area (Å²) in [5.74, 6) is 1.36. The molecule has 1 heterocycles. The van der Waals surface area contributed by atoms with Gasteiger partial charge in [-0.25, -0.2) is 9.97 Å². The molecule has 1 aromatic rings. The van der Waals surface area contributed by atoms with E-state index in [1.807, 2.05) is 19.3 Å². The molecule has 4 heteroatoms. The minimum atomic E-state index is 0.212. The first-order valence-corrected chi connectivity index (χ1v) is 5.86. The molecular formula is C11H16ClN3. The molecule has 1 fully saturated rings. The van der Waals surface area contributed by atoms with Crippen molar-refractivity contribution in [1.82, 2.24) is 9.97 Å². The summed E-state index contributed by atoms with van der Waals surface area (Å²) in [6.45, 7) is 2.73. The molecule has 0 bridgehead atoms. The van der Waals surface area contributed by atoms with Crippen LogP contribution in [0, 0.1) is 12.8 Å². The Morgan fingerprint density at radius 3 is 2.67 bits per heavy atom. The molecule has 0 amide bonds. The number of alkyl halides is 1. The second-order valence-electron chi connectivity index (χ2n) is 4.17. The third-order valence-electron chi connectivity index (χ3n) is 2.90. The Kier molecular flexibility index (Phi) is 3.41. The van der Waals surface area contributed by atoms with E-state index in [4.69, 9.17) is 11.6 Å². The van der Waals surface area contributed by atoms with Gasteiger partial charge in [-0.05, 0) is 31.2 Å². The number of hydrogen-bond donors (Lipinski definition) is 1. The van der Waals surface area contributed by atoms with Crippen molar-refractivity contribution in [3.8, 4) is 0 Å². The number of nitrogens with one attached hydrogen (secondary N) is 1. The lowest BCUT2D eigenvalue weighted by molar-refractivity contribution is 0.308. The molecule has 1 aliphatic carbocycles. The number of hydrogen-bond acceptors (Lipinski definition) is 3. The van der Waals surface area contributed by atoms with Crippen molar-refractivity contribution < 1.29 is 0 Å². The van der Waals surface area contributed by atoms with E-state index in [2.05, 4.69) is 15.3 Å². The number of halogens is 1. The van der Waals surface area contributed by atoms with E-state index in [-0.39, 0.29) is 5.38 Å². The zero-order valence-electron chi connectivity index (χ0n) is 8.91. The molecule has 1 N–H and O–H groups in total. The van der Waals surface area contributed by atoms with Crippen LogP contribution in [0.2, 0.25) is 0 Å². The molecule has 82 valence electrons. The predicted molar refractivity (Wildman–Crippen MR) is 62.2 cm³/mol. The van der Waals surface area contributed by atoms with Crippen molar-refractivity contribution in [2.24, 2.45) is 5.92 Å². The topological polar surface area (TPSA) is 37.8 Å². The van der Waals surface area contributed by atoms with Gasteiger partial charge in [-0.1, -0.05) is 6.42 Å². The first-order chi connectivity index (χ1) is 7.25. The van der Waals surface area contributed by atoms with E-state index >= 15 is 0 Å². The van der Waals surface area contributed by atoms with Crippen LogP contribution in [0.25, 0.3) is 0 Å². The highest BCUT2D eigenvalue weighted by Gasteiger charge is 2.25. The predicted octanol–water partition coefficient (Wildman–Crippen LogP) is 2.60. The molecule has 3 nitrogen and oxygen atoms in total. The van der Waals surface area contributed by atoms with Crippen LogP contribution in [0.4, 0.5) is 5.95 Å². The van der Waals surface area contributed by atoms with E-state index in [1.165, 1.54) is 19.3 Å². The van der Waals surface area contributed by atoms with E-state index in [9.17, 15) is 0 Å². The highest BCUT2D eigenvalue weighted by molar-refractivity contribution is 6.21. The maximum absolute atomic E-state index is 6.25. The Hall–Kier alpha value is -0.830. The number of rotatable bonds is 4. The summed E-state index contributed by atoms with van der Waals surface area (Å²) < 4.78 is 0. The summed E-state index contributed by atoms with van der Waals surface area (Å²) in [6.07, 6.45) is 7.48. The van der Waals surface area contributed by atoms with Crippen molar-refractivity contribution in [3.63, 3.8) is 0 Å². The van der Waals surface area contributed by atoms with E-state index in [0.29, 0.717) is 11.9 Å². The average Bonchev–Trinajstić information content (AvgIpc) is 2.14. The minimum absolute atomic E-state index is 0.212. The first-order valence-electron chi connectivity index (χ1n) is 5.42. The second-order valence-corrected chi connectivity index (χ2v) is 4.73. The zero-order chi connectivity index (χ0) is 10.7. The van der Waals surface area contributed by atoms with E-state index in [1.54, 1.807) is 0 Å². The Labute approximate surface area is 95.3 Å². The quantitative estimate of drug-likeness (QED) is 0.801. The van der Waals surface area contributed by atoms with Crippen LogP contribution in [-0.2, 0) is 0 Å². The molecule has 2 rings (SSSR count). The Balaban J connectivity index is 1.79. The fourth-order valence-electron chi connectivity index (χ4n) is 1.64. The van der Waals surface area contributed by atoms with Crippen molar-refractivity contribution in [2.75, 3.05) is 11.9 Å². The van der Waals surface area contributed by atoms with Crippen molar-refractivity contribution in [1.29, 1.82) is 0 Å². The standard InChI is InChI=1S/C11H16ClN3/c1-8-5-13-11(14-6-8)15-7-10(12)9-3-2-4-9/h5-6,9-10H,2-4,7H2,1H3,(H,13,14,15). The van der Waals surface area contributed by atoms with E-state index < -0.39 is 0 Å². The zero-order valence-corrected chi connectivity index (χ0v) is 9.67. The van der Waals surface area contributed by atoms with Crippen LogP contribution in [0.15, 0.2) is 12.4 Å². The van der Waals surface area contributed by atoms with Crippen molar-refractivity contribution in [3.05, 3.63) is 18.0 Å². The molecule has 1 unspecified atom stereocenters. The van der Waals surface area contributed by atoms with Gasteiger partial charge in [0.2, 0.25) is 5.95 Å². The minimum Gasteiger partial charge on any atom is -0.353 e. The van der Waals surface area contributed by atoms with Crippen molar-refractivity contribution >= 4 is 17.5 Å². The smallest absolute Gasteiger partial charge is 0.222 e. The SMILES string of the molecule is Cc1cnc(NCC(Cl)C2CCC2)nc1. The summed E-state index contributed by atoms with van der Waals surface area (Å²) in [5.41, 5.74) is 1.07. The van der Waals surface area contributed by atoms with Gasteiger partial charge >= 0.3 is 0 Å². The molecular weight excluding hydrogens is 210 g/mol. The van der Waals surface area contributed by atoms with Gasteiger partial charge in [-0.2, -0.15) is 0 Å². The molecule has 1 aromatic heterocycles. The monoisotopic (exact) mass is 225 g/mol. The molecule has 0 aromatic carbocycles. The van der Waals surface area contributed by atoms with Gasteiger partial charge in [0.15, 0.2) is 0 Å². The fraction of sp³-hybridized carbons (Fsp3) is 0.636. The van der Waals surface area contributed by atoms with Gasteiger partial charge in [-0.3, -0.25) is 0 Å². The van der Waals surface area contributed by atoms with Crippen LogP contribution >= 0.6 is 11.6 Å². The van der Waals surface area contributed by atoms with Crippen LogP contribution in [0.3, 0.4) is 0 Å². The first kappa shape index (κ1) is 10.7. The molecule has 0 radical (unpaired) electrons. The third kappa shape index (κ3) is 2.81. The van der Waals surface area contributed by atoms with Crippen molar-refractivity contribution in [2.45, 2.75) is 31.6 Å². The van der Waals surface area contributed by atoms with Gasteiger partial charge in [0.1, 0.15) is 0 Å². The molecule has 1 aliphatic rings. The Morgan fingerprint density at radius 2 is 2.13 bits per heavy atom. The van der Waals surface area contributed by atoms with Crippen LogP contribution in [0.1, 0.15) is 24.8 Å². The lowest BCUT2D eigenvalue weighted by Gasteiger charge is -2.29. The molecule has 15 heavy (non-hydrogen) atoms. The maximum atomic E-state index is 6.25. The van der Waals surface area contributed by atoms with Gasteiger partial charge in [-0.15, -0.1) is 11.6 Å². The highest BCUT2D eigenvalue weighted by atomic mass is 35.5. The summed E-state index contributed by atoms with van der Waals surface area (Å²) in [6, 6.07) is 0. The number of anilines is 1. The summed E-state index contributed by atoms with van der Waals surface area (Å²) in [5, 5.41) is 3.38. The molecule has 1 saturated carbocycles. The molecule has 0 saturated heterocycles. The average molecular weight is 226 g/mol. The maximum Gasteiger partial charge on any atom is 0.222 e. The largest absolute Gasteiger partial charge is 0.353 e. The second kappa shape index (κ2) is 4.79. The Bertz CT molecular complexity index is 308. The number of aryl methyl sites for hydroxylation is 1. The summed E-state index contributed by atoms with van der Waals surface area (Å²) in [4.78, 5) is 8.35. The van der Waals surface area contributed by atoms with E-state index in [0.717, 1.165) is 12.1 Å². The number of nitrogens with zero attached hydrogens (tertiary/aromatic N) is 2. The van der Waals surface area contributed by atoms with Gasteiger partial charge in [0, 0.05) is 18.9 Å². The normalized spacial score (nSPS) is 18.3. The Morgan fingerprint density at radius 1 is 1.47 bits per heavy atom. The molecule has 0 aliphatic heterocycles. The van der Waals surface area contributed by atoms with Crippen LogP contribution in [-0.4, -0.2) is 21.9 Å². The summed E-state index contributed by atoms with van der Waals surface area (Å²) in [7, 11) is 0. The highest BCUT2D eigenvalue weighted by Crippen LogP contribution is 2.32. The van der Waals surface area contributed by atoms with Gasteiger partial charge in [0.25, 0.3) is 0 Å². The fourth-order valence-corrected chi connectivity index (χ4v) is 1.97. The van der Waals surface area contributed by atoms with Gasteiger partial charge in [0.05, 0.1) is 5.38 Å².